The van der Waals surface area contributed by atoms with Crippen LogP contribution in [-0.2, 0) is 12.8 Å². The lowest BCUT2D eigenvalue weighted by Crippen LogP contribution is -2.27. The van der Waals surface area contributed by atoms with Crippen molar-refractivity contribution < 1.29 is 9.21 Å². The van der Waals surface area contributed by atoms with E-state index in [1.165, 1.54) is 16.6 Å². The van der Waals surface area contributed by atoms with Crippen molar-refractivity contribution in [2.75, 3.05) is 5.32 Å². The number of anilines is 1. The van der Waals surface area contributed by atoms with Gasteiger partial charge < -0.3 is 9.73 Å². The number of hydrogen-bond donors (Lipinski definition) is 1. The van der Waals surface area contributed by atoms with Crippen LogP contribution in [0.5, 0.6) is 0 Å². The molecular weight excluding hydrogens is 616 g/mol. The van der Waals surface area contributed by atoms with E-state index in [4.69, 9.17) is 21.0 Å². The number of carbonyl (C=O) groups excluding carboxylic acids is 1. The summed E-state index contributed by atoms with van der Waals surface area (Å²) in [5, 5.41) is 5.59. The predicted molar refractivity (Wildman–Crippen MR) is 163 cm³/mol. The molecule has 3 heterocycles. The van der Waals surface area contributed by atoms with Gasteiger partial charge in [-0.2, -0.15) is 0 Å². The molecule has 0 bridgehead atoms. The van der Waals surface area contributed by atoms with Gasteiger partial charge in [0.2, 0.25) is 0 Å². The van der Waals surface area contributed by atoms with Crippen molar-refractivity contribution >= 4 is 73.4 Å². The molecular formula is C29H28BrClN4O2S2. The van der Waals surface area contributed by atoms with Gasteiger partial charge in [-0.15, -0.1) is 11.3 Å². The molecule has 1 aliphatic carbocycles. The van der Waals surface area contributed by atoms with Crippen molar-refractivity contribution in [3.63, 3.8) is 0 Å². The molecule has 1 aliphatic rings. The summed E-state index contributed by atoms with van der Waals surface area (Å²) in [6.07, 6.45) is 6.25. The molecule has 6 nitrogen and oxygen atoms in total. The van der Waals surface area contributed by atoms with Crippen molar-refractivity contribution in [3.8, 4) is 0 Å². The van der Waals surface area contributed by atoms with Gasteiger partial charge in [-0.25, -0.2) is 15.0 Å². The Bertz CT molecular complexity index is 1540. The lowest BCUT2D eigenvalue weighted by Gasteiger charge is -2.33. The first kappa shape index (κ1) is 28.1. The largest absolute Gasteiger partial charge is 0.447 e. The number of nitrogens with one attached hydrogen (secondary N) is 1. The highest BCUT2D eigenvalue weighted by molar-refractivity contribution is 9.10. The van der Waals surface area contributed by atoms with E-state index in [-0.39, 0.29) is 11.3 Å². The van der Waals surface area contributed by atoms with Crippen molar-refractivity contribution in [2.45, 2.75) is 57.2 Å². The normalized spacial score (nSPS) is 15.5. The number of nitrogens with zero attached hydrogens (tertiary/aromatic N) is 3. The first-order chi connectivity index (χ1) is 18.6. The molecule has 5 rings (SSSR count). The lowest BCUT2D eigenvalue weighted by atomic mass is 9.72. The molecule has 0 saturated heterocycles. The third-order valence-corrected chi connectivity index (χ3v) is 9.87. The zero-order valence-electron chi connectivity index (χ0n) is 22.0. The zero-order chi connectivity index (χ0) is 27.7. The summed E-state index contributed by atoms with van der Waals surface area (Å²) in [6.45, 7) is 8.78. The Kier molecular flexibility index (Phi) is 8.33. The predicted octanol–water partition coefficient (Wildman–Crippen LogP) is 9.16. The first-order valence-corrected chi connectivity index (χ1v) is 15.4. The number of furan rings is 1. The molecule has 1 atom stereocenters. The van der Waals surface area contributed by atoms with Crippen LogP contribution in [-0.4, -0.2) is 22.1 Å². The third-order valence-electron chi connectivity index (χ3n) is 6.74. The molecule has 1 amide bonds. The number of hydrogen-bond acceptors (Lipinski definition) is 7. The lowest BCUT2D eigenvalue weighted by molar-refractivity contribution is 0.102. The fraction of sp³-hybridized carbons (Fsp3) is 0.310. The second-order valence-electron chi connectivity index (χ2n) is 10.6. The van der Waals surface area contributed by atoms with Crippen LogP contribution >= 0.6 is 50.6 Å². The third kappa shape index (κ3) is 6.65. The standard InChI is InChI=1S/C29H28BrClN4O2S2/c1-16-11-12-32-28(34-16)39-27-22(30)14-20(37-27)15-33-26-24(25(36)35-19-8-6-18(31)7-9-19)21-10-5-17(29(2,3)4)13-23(21)38-26/h6-9,11-12,14-15,17H,5,10,13H2,1-4H3,(H,35,36)/t17-/m1/s1. The van der Waals surface area contributed by atoms with E-state index in [0.29, 0.717) is 43.2 Å². The maximum atomic E-state index is 13.6. The molecule has 10 heteroatoms. The minimum absolute atomic E-state index is 0.162. The van der Waals surface area contributed by atoms with E-state index in [0.717, 1.165) is 35.0 Å². The van der Waals surface area contributed by atoms with E-state index in [9.17, 15) is 4.79 Å². The number of aliphatic imine (C=N–C) groups is 1. The van der Waals surface area contributed by atoms with Gasteiger partial charge in [0.15, 0.2) is 10.2 Å². The topological polar surface area (TPSA) is 80.4 Å². The van der Waals surface area contributed by atoms with Crippen LogP contribution in [0.2, 0.25) is 5.02 Å². The summed E-state index contributed by atoms with van der Waals surface area (Å²) in [5.74, 6) is 0.960. The van der Waals surface area contributed by atoms with Gasteiger partial charge in [-0.05, 0) is 101 Å². The highest BCUT2D eigenvalue weighted by Gasteiger charge is 2.33. The van der Waals surface area contributed by atoms with Gasteiger partial charge in [0, 0.05) is 33.5 Å². The Morgan fingerprint density at radius 3 is 2.77 bits per heavy atom. The van der Waals surface area contributed by atoms with Gasteiger partial charge in [0.1, 0.15) is 10.8 Å². The van der Waals surface area contributed by atoms with Crippen molar-refractivity contribution in [3.05, 3.63) is 79.5 Å². The van der Waals surface area contributed by atoms with Crippen LogP contribution in [0, 0.1) is 18.3 Å². The van der Waals surface area contributed by atoms with Crippen molar-refractivity contribution in [1.82, 2.24) is 9.97 Å². The monoisotopic (exact) mass is 642 g/mol. The number of aryl methyl sites for hydroxylation is 1. The molecule has 3 aromatic heterocycles. The average molecular weight is 644 g/mol. The maximum Gasteiger partial charge on any atom is 0.259 e. The molecule has 0 aliphatic heterocycles. The average Bonchev–Trinajstić information content (AvgIpc) is 3.42. The van der Waals surface area contributed by atoms with Crippen LogP contribution in [0.3, 0.4) is 0 Å². The van der Waals surface area contributed by atoms with Crippen LogP contribution in [0.15, 0.2) is 66.7 Å². The fourth-order valence-corrected chi connectivity index (χ4v) is 7.25. The summed E-state index contributed by atoms with van der Waals surface area (Å²) in [6, 6.07) is 10.8. The first-order valence-electron chi connectivity index (χ1n) is 12.6. The smallest absolute Gasteiger partial charge is 0.259 e. The number of carbonyl (C=O) groups is 1. The van der Waals surface area contributed by atoms with Crippen molar-refractivity contribution in [1.29, 1.82) is 0 Å². The van der Waals surface area contributed by atoms with Gasteiger partial charge in [0.25, 0.3) is 5.91 Å². The Balaban J connectivity index is 1.44. The van der Waals surface area contributed by atoms with E-state index in [1.54, 1.807) is 48.0 Å². The van der Waals surface area contributed by atoms with Gasteiger partial charge in [-0.1, -0.05) is 32.4 Å². The summed E-state index contributed by atoms with van der Waals surface area (Å²) in [7, 11) is 0. The molecule has 0 saturated carbocycles. The number of fused-ring (bicyclic) bond motifs is 1. The SMILES string of the molecule is Cc1ccnc(Sc2oc(C=Nc3sc4c(c3C(=O)Nc3ccc(Cl)cc3)CC[C@@H](C(C)(C)C)C4)cc2Br)n1. The van der Waals surface area contributed by atoms with Crippen LogP contribution in [0.1, 0.15) is 59.4 Å². The quantitative estimate of drug-likeness (QED) is 0.167. The van der Waals surface area contributed by atoms with E-state index in [2.05, 4.69) is 52.0 Å². The zero-order valence-corrected chi connectivity index (χ0v) is 26.0. The van der Waals surface area contributed by atoms with E-state index >= 15 is 0 Å². The molecule has 39 heavy (non-hydrogen) atoms. The number of rotatable bonds is 6. The summed E-state index contributed by atoms with van der Waals surface area (Å²) in [5.41, 5.74) is 3.52. The molecule has 202 valence electrons. The Labute approximate surface area is 249 Å². The van der Waals surface area contributed by atoms with E-state index in [1.807, 2.05) is 19.1 Å². The Morgan fingerprint density at radius 1 is 1.28 bits per heavy atom. The molecule has 1 aromatic carbocycles. The van der Waals surface area contributed by atoms with Gasteiger partial charge >= 0.3 is 0 Å². The van der Waals surface area contributed by atoms with Crippen LogP contribution in [0.4, 0.5) is 10.7 Å². The maximum absolute atomic E-state index is 13.6. The number of thiophene rings is 1. The van der Waals surface area contributed by atoms with Crippen LogP contribution in [0.25, 0.3) is 0 Å². The second-order valence-corrected chi connectivity index (χ2v) is 13.9. The van der Waals surface area contributed by atoms with Crippen molar-refractivity contribution in [2.24, 2.45) is 16.3 Å². The van der Waals surface area contributed by atoms with E-state index < -0.39 is 0 Å². The number of amides is 1. The molecule has 0 spiro atoms. The number of benzene rings is 1. The molecule has 1 N–H and O–H groups in total. The second kappa shape index (κ2) is 11.6. The molecule has 0 unspecified atom stereocenters. The minimum atomic E-state index is -0.162. The van der Waals surface area contributed by atoms with Gasteiger partial charge in [-0.3, -0.25) is 4.79 Å². The highest BCUT2D eigenvalue weighted by Crippen LogP contribution is 2.45. The number of aromatic nitrogens is 2. The summed E-state index contributed by atoms with van der Waals surface area (Å²) in [4.78, 5) is 28.3. The highest BCUT2D eigenvalue weighted by atomic mass is 79.9. The molecule has 0 radical (unpaired) electrons. The fourth-order valence-electron chi connectivity index (χ4n) is 4.55. The minimum Gasteiger partial charge on any atom is -0.447 e. The summed E-state index contributed by atoms with van der Waals surface area (Å²) < 4.78 is 6.82. The van der Waals surface area contributed by atoms with Gasteiger partial charge in [0.05, 0.1) is 16.3 Å². The Hall–Kier alpha value is -2.46. The Morgan fingerprint density at radius 2 is 2.05 bits per heavy atom. The van der Waals surface area contributed by atoms with Crippen LogP contribution < -0.4 is 5.32 Å². The summed E-state index contributed by atoms with van der Waals surface area (Å²) >= 11 is 12.5. The molecule has 4 aromatic rings. The molecule has 0 fully saturated rings. The number of halogens is 2.